The maximum absolute atomic E-state index is 13.7. The number of thiol groups is 1. The molecular formula is C33H36BFN2O6S. The van der Waals surface area contributed by atoms with Crippen LogP contribution in [-0.4, -0.2) is 39.7 Å². The van der Waals surface area contributed by atoms with Crippen LogP contribution in [0.3, 0.4) is 0 Å². The molecule has 8 nitrogen and oxygen atoms in total. The van der Waals surface area contributed by atoms with Crippen LogP contribution in [0.2, 0.25) is 0 Å². The van der Waals surface area contributed by atoms with E-state index >= 15 is 0 Å². The minimum absolute atomic E-state index is 0.113. The Labute approximate surface area is 258 Å². The number of rotatable bonds is 8. The second-order valence-corrected chi connectivity index (χ2v) is 13.6. The van der Waals surface area contributed by atoms with Crippen molar-refractivity contribution in [1.82, 2.24) is 5.32 Å². The Morgan fingerprint density at radius 3 is 2.25 bits per heavy atom. The summed E-state index contributed by atoms with van der Waals surface area (Å²) < 4.78 is 59.4. The van der Waals surface area contributed by atoms with Gasteiger partial charge in [0.1, 0.15) is 17.2 Å². The maximum Gasteiger partial charge on any atom is 0.495 e. The van der Waals surface area contributed by atoms with E-state index in [1.807, 2.05) is 58.9 Å². The lowest BCUT2D eigenvalue weighted by molar-refractivity contribution is 0.00578. The molecule has 0 radical (unpaired) electrons. The highest BCUT2D eigenvalue weighted by atomic mass is 32.2. The van der Waals surface area contributed by atoms with Crippen LogP contribution in [0, 0.1) is 12.7 Å². The number of hydrogen-bond donors (Lipinski definition) is 2. The first-order valence-corrected chi connectivity index (χ1v) is 15.9. The standard InChI is InChI=1S/C33H36BFN2O6S/c1-19-15-20(7-14-26(19)34-42-32(2,3)33(4,5)43-34)18-37(44(39)40)27-17-28-25(16-24(27)21-8-9-21)29(31(38)36-6)30(41-28)22-10-12-23(35)13-11-22/h7,10-17,21,44H,8-9,18H2,1-6H3,(H,36,38). The molecule has 1 N–H and O–H groups in total. The van der Waals surface area contributed by atoms with Crippen molar-refractivity contribution in [3.05, 3.63) is 82.7 Å². The van der Waals surface area contributed by atoms with Crippen molar-refractivity contribution in [2.75, 3.05) is 11.4 Å². The van der Waals surface area contributed by atoms with Crippen molar-refractivity contribution < 1.29 is 31.3 Å². The predicted octanol–water partition coefficient (Wildman–Crippen LogP) is 5.62. The van der Waals surface area contributed by atoms with Crippen molar-refractivity contribution in [2.24, 2.45) is 0 Å². The fourth-order valence-electron chi connectivity index (χ4n) is 5.72. The molecule has 2 aliphatic rings. The van der Waals surface area contributed by atoms with Gasteiger partial charge in [-0.2, -0.15) is 0 Å². The van der Waals surface area contributed by atoms with Crippen LogP contribution in [0.5, 0.6) is 0 Å². The lowest BCUT2D eigenvalue weighted by Crippen LogP contribution is -2.41. The third-order valence-electron chi connectivity index (χ3n) is 9.06. The molecule has 6 rings (SSSR count). The molecule has 3 aromatic carbocycles. The normalized spacial score (nSPS) is 17.4. The Kier molecular flexibility index (Phi) is 7.62. The van der Waals surface area contributed by atoms with Crippen LogP contribution in [-0.2, 0) is 26.7 Å². The molecule has 2 heterocycles. The SMILES string of the molecule is CNC(=O)c1c(-c2ccc(F)cc2)oc2cc(N(Cc3ccc(B4OC(C)(C)C(C)(C)O4)c(C)c3)[SH](=O)=O)c(C3CC3)cc12. The highest BCUT2D eigenvalue weighted by molar-refractivity contribution is 7.74. The number of anilines is 1. The Hall–Kier alpha value is -3.67. The minimum Gasteiger partial charge on any atom is -0.455 e. The predicted molar refractivity (Wildman–Crippen MR) is 170 cm³/mol. The number of nitrogens with zero attached hydrogens (tertiary/aromatic N) is 1. The van der Waals surface area contributed by atoms with Crippen LogP contribution < -0.4 is 15.1 Å². The number of benzene rings is 3. The zero-order valence-electron chi connectivity index (χ0n) is 25.7. The topological polar surface area (TPSA) is 98.1 Å². The van der Waals surface area contributed by atoms with Crippen molar-refractivity contribution in [3.63, 3.8) is 0 Å². The molecule has 11 heteroatoms. The monoisotopic (exact) mass is 618 g/mol. The van der Waals surface area contributed by atoms with E-state index in [0.717, 1.165) is 35.0 Å². The quantitative estimate of drug-likeness (QED) is 0.197. The number of nitrogens with one attached hydrogen (secondary N) is 1. The van der Waals surface area contributed by atoms with E-state index in [4.69, 9.17) is 13.7 Å². The molecule has 0 bridgehead atoms. The van der Waals surface area contributed by atoms with Gasteiger partial charge in [0.15, 0.2) is 0 Å². The number of aryl methyl sites for hydroxylation is 1. The molecule has 2 fully saturated rings. The molecule has 4 aromatic rings. The second-order valence-electron chi connectivity index (χ2n) is 12.6. The molecule has 1 amide bonds. The zero-order valence-corrected chi connectivity index (χ0v) is 26.6. The van der Waals surface area contributed by atoms with Crippen molar-refractivity contribution in [2.45, 2.75) is 71.1 Å². The first-order chi connectivity index (χ1) is 20.8. The van der Waals surface area contributed by atoms with Gasteiger partial charge < -0.3 is 19.0 Å². The van der Waals surface area contributed by atoms with Crippen LogP contribution in [0.15, 0.2) is 59.0 Å². The van der Waals surface area contributed by atoms with E-state index < -0.39 is 35.0 Å². The maximum atomic E-state index is 13.7. The first kappa shape index (κ1) is 30.4. The van der Waals surface area contributed by atoms with Gasteiger partial charge in [0.05, 0.1) is 29.0 Å². The van der Waals surface area contributed by atoms with Crippen molar-refractivity contribution in [3.8, 4) is 11.3 Å². The Balaban J connectivity index is 1.40. The summed E-state index contributed by atoms with van der Waals surface area (Å²) in [5, 5.41) is 3.26. The number of carbonyl (C=O) groups is 1. The number of hydrogen-bond acceptors (Lipinski definition) is 6. The lowest BCUT2D eigenvalue weighted by atomic mass is 9.76. The molecule has 230 valence electrons. The Bertz CT molecular complexity index is 1820. The van der Waals surface area contributed by atoms with Crippen LogP contribution in [0.1, 0.15) is 73.5 Å². The third kappa shape index (κ3) is 5.42. The van der Waals surface area contributed by atoms with Gasteiger partial charge in [-0.05, 0) is 100 Å². The van der Waals surface area contributed by atoms with Gasteiger partial charge in [-0.25, -0.2) is 12.8 Å². The number of fused-ring (bicyclic) bond motifs is 1. The second kappa shape index (κ2) is 11.0. The molecule has 1 saturated heterocycles. The highest BCUT2D eigenvalue weighted by Crippen LogP contribution is 2.48. The number of furan rings is 1. The smallest absolute Gasteiger partial charge is 0.455 e. The molecule has 1 saturated carbocycles. The minimum atomic E-state index is -3.03. The third-order valence-corrected chi connectivity index (χ3v) is 9.82. The van der Waals surface area contributed by atoms with Gasteiger partial charge >= 0.3 is 7.12 Å². The number of amides is 1. The fraction of sp³-hybridized carbons (Fsp3) is 0.364. The fourth-order valence-corrected chi connectivity index (χ4v) is 6.35. The van der Waals surface area contributed by atoms with Gasteiger partial charge in [0.2, 0.25) is 10.9 Å². The lowest BCUT2D eigenvalue weighted by Gasteiger charge is -2.32. The van der Waals surface area contributed by atoms with Crippen molar-refractivity contribution in [1.29, 1.82) is 0 Å². The van der Waals surface area contributed by atoms with E-state index in [9.17, 15) is 17.6 Å². The Morgan fingerprint density at radius 2 is 1.68 bits per heavy atom. The van der Waals surface area contributed by atoms with E-state index in [2.05, 4.69) is 5.32 Å². The largest absolute Gasteiger partial charge is 0.495 e. The first-order valence-electron chi connectivity index (χ1n) is 14.7. The van der Waals surface area contributed by atoms with Crippen LogP contribution in [0.25, 0.3) is 22.3 Å². The van der Waals surface area contributed by atoms with Crippen LogP contribution in [0.4, 0.5) is 10.1 Å². The summed E-state index contributed by atoms with van der Waals surface area (Å²) in [6, 6.07) is 15.1. The highest BCUT2D eigenvalue weighted by Gasteiger charge is 2.52. The summed E-state index contributed by atoms with van der Waals surface area (Å²) >= 11 is 0. The molecule has 0 unspecified atom stereocenters. The van der Waals surface area contributed by atoms with E-state index in [0.29, 0.717) is 33.5 Å². The Morgan fingerprint density at radius 1 is 1.02 bits per heavy atom. The summed E-state index contributed by atoms with van der Waals surface area (Å²) in [4.78, 5) is 13.1. The van der Waals surface area contributed by atoms with Gasteiger partial charge in [-0.1, -0.05) is 23.8 Å². The van der Waals surface area contributed by atoms with E-state index in [1.54, 1.807) is 18.2 Å². The molecule has 0 atom stereocenters. The summed E-state index contributed by atoms with van der Waals surface area (Å²) in [6.07, 6.45) is 1.84. The number of carbonyl (C=O) groups excluding carboxylic acids is 1. The molecule has 44 heavy (non-hydrogen) atoms. The van der Waals surface area contributed by atoms with Gasteiger partial charge in [0, 0.05) is 24.1 Å². The summed E-state index contributed by atoms with van der Waals surface area (Å²) in [5.41, 5.74) is 4.30. The van der Waals surface area contributed by atoms with Gasteiger partial charge in [-0.3, -0.25) is 9.10 Å². The molecule has 1 aliphatic carbocycles. The number of halogens is 1. The summed E-state index contributed by atoms with van der Waals surface area (Å²) in [5.74, 6) is -0.285. The van der Waals surface area contributed by atoms with Crippen molar-refractivity contribution >= 4 is 46.0 Å². The van der Waals surface area contributed by atoms with E-state index in [1.165, 1.54) is 23.5 Å². The van der Waals surface area contributed by atoms with Gasteiger partial charge in [0.25, 0.3) is 5.91 Å². The van der Waals surface area contributed by atoms with Gasteiger partial charge in [-0.15, -0.1) is 0 Å². The van der Waals surface area contributed by atoms with Crippen LogP contribution >= 0.6 is 0 Å². The molecule has 1 aliphatic heterocycles. The van der Waals surface area contributed by atoms with E-state index in [-0.39, 0.29) is 18.4 Å². The molecule has 0 spiro atoms. The molecule has 1 aromatic heterocycles. The average Bonchev–Trinajstić information content (AvgIpc) is 3.70. The summed E-state index contributed by atoms with van der Waals surface area (Å²) in [6.45, 7) is 10.1. The summed E-state index contributed by atoms with van der Waals surface area (Å²) in [7, 11) is -2.01. The average molecular weight is 619 g/mol. The molecular weight excluding hydrogens is 582 g/mol. The zero-order chi connectivity index (χ0) is 31.6.